The van der Waals surface area contributed by atoms with Crippen LogP contribution in [0, 0.1) is 5.92 Å². The maximum atomic E-state index is 12.8. The van der Waals surface area contributed by atoms with Gasteiger partial charge in [-0.15, -0.1) is 0 Å². The molecule has 2 atom stereocenters. The minimum atomic E-state index is -4.27. The lowest BCUT2D eigenvalue weighted by Gasteiger charge is -2.27. The molecule has 17 heavy (non-hydrogen) atoms. The van der Waals surface area contributed by atoms with Gasteiger partial charge in [0, 0.05) is 12.6 Å². The topological polar surface area (TPSA) is 53.2 Å². The van der Waals surface area contributed by atoms with Crippen LogP contribution in [-0.4, -0.2) is 37.9 Å². The molecule has 0 aromatic rings. The Morgan fingerprint density at radius 1 is 1.35 bits per heavy atom. The summed E-state index contributed by atoms with van der Waals surface area (Å²) in [5.74, 6) is -1.47. The molecule has 2 amide bonds. The summed E-state index contributed by atoms with van der Waals surface area (Å²) in [4.78, 5) is 11.3. The van der Waals surface area contributed by atoms with E-state index in [-0.39, 0.29) is 6.42 Å². The fourth-order valence-corrected chi connectivity index (χ4v) is 1.99. The lowest BCUT2D eigenvalue weighted by Crippen LogP contribution is -2.49. The molecule has 0 spiro atoms. The van der Waals surface area contributed by atoms with E-state index in [0.717, 1.165) is 0 Å². The summed E-state index contributed by atoms with van der Waals surface area (Å²) >= 11 is 0. The smallest absolute Gasteiger partial charge is 0.338 e. The van der Waals surface area contributed by atoms with Crippen molar-refractivity contribution in [3.05, 3.63) is 0 Å². The zero-order valence-corrected chi connectivity index (χ0v) is 9.73. The molecule has 0 saturated carbocycles. The first-order valence-electron chi connectivity index (χ1n) is 5.77. The van der Waals surface area contributed by atoms with Crippen molar-refractivity contribution in [3.8, 4) is 0 Å². The van der Waals surface area contributed by atoms with Crippen LogP contribution in [0.3, 0.4) is 0 Å². The van der Waals surface area contributed by atoms with Gasteiger partial charge in [-0.25, -0.2) is 4.79 Å². The molecule has 100 valence electrons. The second kappa shape index (κ2) is 6.09. The van der Waals surface area contributed by atoms with E-state index in [2.05, 4.69) is 16.0 Å². The van der Waals surface area contributed by atoms with Gasteiger partial charge in [-0.3, -0.25) is 0 Å². The van der Waals surface area contributed by atoms with Crippen LogP contribution >= 0.6 is 0 Å². The third kappa shape index (κ3) is 4.41. The van der Waals surface area contributed by atoms with Crippen LogP contribution in [0.25, 0.3) is 0 Å². The molecule has 0 bridgehead atoms. The largest absolute Gasteiger partial charge is 0.393 e. The Morgan fingerprint density at radius 2 is 2.00 bits per heavy atom. The summed E-state index contributed by atoms with van der Waals surface area (Å²) in [6.07, 6.45) is -3.97. The first kappa shape index (κ1) is 14.1. The minimum absolute atomic E-state index is 0.000567. The molecule has 0 aromatic heterocycles. The molecule has 3 N–H and O–H groups in total. The van der Waals surface area contributed by atoms with E-state index < -0.39 is 24.2 Å². The highest BCUT2D eigenvalue weighted by atomic mass is 19.4. The highest BCUT2D eigenvalue weighted by molar-refractivity contribution is 5.74. The van der Waals surface area contributed by atoms with Crippen molar-refractivity contribution in [2.24, 2.45) is 5.92 Å². The van der Waals surface area contributed by atoms with Crippen molar-refractivity contribution < 1.29 is 18.0 Å². The van der Waals surface area contributed by atoms with Crippen LogP contribution in [0.5, 0.6) is 0 Å². The molecule has 1 fully saturated rings. The number of urea groups is 1. The van der Waals surface area contributed by atoms with Crippen LogP contribution in [0.1, 0.15) is 19.8 Å². The molecule has 1 aliphatic rings. The van der Waals surface area contributed by atoms with Crippen molar-refractivity contribution in [1.29, 1.82) is 0 Å². The quantitative estimate of drug-likeness (QED) is 0.693. The van der Waals surface area contributed by atoms with Crippen molar-refractivity contribution in [2.75, 3.05) is 19.6 Å². The number of nitrogens with one attached hydrogen (secondary N) is 3. The van der Waals surface area contributed by atoms with E-state index in [9.17, 15) is 18.0 Å². The summed E-state index contributed by atoms with van der Waals surface area (Å²) in [5, 5.41) is 7.77. The lowest BCUT2D eigenvalue weighted by atomic mass is 9.94. The molecule has 2 unspecified atom stereocenters. The average Bonchev–Trinajstić information content (AvgIpc) is 2.42. The van der Waals surface area contributed by atoms with Gasteiger partial charge in [-0.2, -0.15) is 13.2 Å². The second-order valence-corrected chi connectivity index (χ2v) is 4.09. The molecule has 0 radical (unpaired) electrons. The van der Waals surface area contributed by atoms with Gasteiger partial charge in [-0.1, -0.05) is 0 Å². The van der Waals surface area contributed by atoms with E-state index in [4.69, 9.17) is 0 Å². The first-order chi connectivity index (χ1) is 7.95. The van der Waals surface area contributed by atoms with Gasteiger partial charge in [0.05, 0.1) is 5.92 Å². The van der Waals surface area contributed by atoms with Gasteiger partial charge in [0.2, 0.25) is 0 Å². The van der Waals surface area contributed by atoms with E-state index in [0.29, 0.717) is 26.1 Å². The van der Waals surface area contributed by atoms with Crippen LogP contribution in [0.4, 0.5) is 18.0 Å². The Morgan fingerprint density at radius 3 is 2.59 bits per heavy atom. The van der Waals surface area contributed by atoms with Gasteiger partial charge in [-0.05, 0) is 32.9 Å². The molecule has 4 nitrogen and oxygen atoms in total. The maximum absolute atomic E-state index is 12.8. The number of rotatable bonds is 2. The molecule has 0 aliphatic carbocycles. The Balaban J connectivity index is 2.65. The molecular formula is C10H18F3N3O. The standard InChI is InChI=1S/C10H18F3N3O/c1-2-15-9(17)16-8-4-6-14-5-3-7(8)10(11,12)13/h7-8,14H,2-6H2,1H3,(H2,15,16,17). The predicted octanol–water partition coefficient (Wildman–Crippen LogP) is 1.24. The van der Waals surface area contributed by atoms with E-state index >= 15 is 0 Å². The van der Waals surface area contributed by atoms with Gasteiger partial charge in [0.25, 0.3) is 0 Å². The Labute approximate surface area is 98.3 Å². The third-order valence-corrected chi connectivity index (χ3v) is 2.82. The normalized spacial score (nSPS) is 26.1. The van der Waals surface area contributed by atoms with E-state index in [1.165, 1.54) is 0 Å². The van der Waals surface area contributed by atoms with Crippen LogP contribution in [-0.2, 0) is 0 Å². The summed E-state index contributed by atoms with van der Waals surface area (Å²) in [6.45, 7) is 2.93. The Bertz CT molecular complexity index is 258. The van der Waals surface area contributed by atoms with E-state index in [1.807, 2.05) is 0 Å². The molecule has 1 rings (SSSR count). The number of carbonyl (C=O) groups excluding carboxylic acids is 1. The van der Waals surface area contributed by atoms with Crippen molar-refractivity contribution in [3.63, 3.8) is 0 Å². The number of hydrogen-bond acceptors (Lipinski definition) is 2. The third-order valence-electron chi connectivity index (χ3n) is 2.82. The SMILES string of the molecule is CCNC(=O)NC1CCNCCC1C(F)(F)F. The summed E-state index contributed by atoms with van der Waals surface area (Å²) in [7, 11) is 0. The molecule has 0 aromatic carbocycles. The highest BCUT2D eigenvalue weighted by Gasteiger charge is 2.45. The second-order valence-electron chi connectivity index (χ2n) is 4.09. The average molecular weight is 253 g/mol. The zero-order chi connectivity index (χ0) is 12.9. The van der Waals surface area contributed by atoms with Gasteiger partial charge < -0.3 is 16.0 Å². The summed E-state index contributed by atoms with van der Waals surface area (Å²) < 4.78 is 38.4. The fraction of sp³-hybridized carbons (Fsp3) is 0.900. The van der Waals surface area contributed by atoms with Crippen LogP contribution in [0.15, 0.2) is 0 Å². The Hall–Kier alpha value is -0.980. The van der Waals surface area contributed by atoms with E-state index in [1.54, 1.807) is 6.92 Å². The predicted molar refractivity (Wildman–Crippen MR) is 57.6 cm³/mol. The van der Waals surface area contributed by atoms with Crippen molar-refractivity contribution in [1.82, 2.24) is 16.0 Å². The molecule has 1 aliphatic heterocycles. The van der Waals surface area contributed by atoms with Crippen LogP contribution < -0.4 is 16.0 Å². The van der Waals surface area contributed by atoms with Gasteiger partial charge in [0.1, 0.15) is 0 Å². The number of carbonyl (C=O) groups is 1. The fourth-order valence-electron chi connectivity index (χ4n) is 1.99. The summed E-state index contributed by atoms with van der Waals surface area (Å²) in [5.41, 5.74) is 0. The zero-order valence-electron chi connectivity index (χ0n) is 9.73. The molecule has 1 heterocycles. The Kier molecular flexibility index (Phi) is 5.04. The monoisotopic (exact) mass is 253 g/mol. The molecule has 1 saturated heterocycles. The minimum Gasteiger partial charge on any atom is -0.338 e. The van der Waals surface area contributed by atoms with Crippen molar-refractivity contribution >= 4 is 6.03 Å². The van der Waals surface area contributed by atoms with Gasteiger partial charge in [0.15, 0.2) is 0 Å². The van der Waals surface area contributed by atoms with Gasteiger partial charge >= 0.3 is 12.2 Å². The molecule has 7 heteroatoms. The summed E-state index contributed by atoms with van der Waals surface area (Å²) in [6, 6.07) is -1.38. The number of hydrogen-bond donors (Lipinski definition) is 3. The maximum Gasteiger partial charge on any atom is 0.393 e. The number of halogens is 3. The number of alkyl halides is 3. The molecular weight excluding hydrogens is 235 g/mol. The highest BCUT2D eigenvalue weighted by Crippen LogP contribution is 2.33. The number of amides is 2. The first-order valence-corrected chi connectivity index (χ1v) is 5.77. The van der Waals surface area contributed by atoms with Crippen molar-refractivity contribution in [2.45, 2.75) is 32.0 Å². The lowest BCUT2D eigenvalue weighted by molar-refractivity contribution is -0.182. The van der Waals surface area contributed by atoms with Crippen LogP contribution in [0.2, 0.25) is 0 Å².